The van der Waals surface area contributed by atoms with Crippen molar-refractivity contribution in [1.82, 2.24) is 20.1 Å². The number of rotatable bonds is 6. The molecule has 0 fully saturated rings. The molecule has 106 valence electrons. The van der Waals surface area contributed by atoms with Crippen LogP contribution < -0.4 is 5.32 Å². The fourth-order valence-corrected chi connectivity index (χ4v) is 2.78. The van der Waals surface area contributed by atoms with Gasteiger partial charge < -0.3 is 5.32 Å². The number of aryl methyl sites for hydroxylation is 2. The maximum Gasteiger partial charge on any atom is 0.164 e. The van der Waals surface area contributed by atoms with Gasteiger partial charge in [0.1, 0.15) is 6.33 Å². The predicted octanol–water partition coefficient (Wildman–Crippen LogP) is 2.31. The van der Waals surface area contributed by atoms with Crippen molar-refractivity contribution in [3.8, 4) is 0 Å². The van der Waals surface area contributed by atoms with Crippen molar-refractivity contribution >= 4 is 0 Å². The topological polar surface area (TPSA) is 42.7 Å². The van der Waals surface area contributed by atoms with Crippen molar-refractivity contribution in [3.63, 3.8) is 0 Å². The second kappa shape index (κ2) is 6.18. The lowest BCUT2D eigenvalue weighted by Gasteiger charge is -2.05. The quantitative estimate of drug-likeness (QED) is 0.819. The van der Waals surface area contributed by atoms with Crippen molar-refractivity contribution in [3.05, 3.63) is 47.0 Å². The summed E-state index contributed by atoms with van der Waals surface area (Å²) in [6, 6.07) is 6.83. The smallest absolute Gasteiger partial charge is 0.164 e. The number of nitrogens with one attached hydrogen (secondary N) is 1. The van der Waals surface area contributed by atoms with Crippen LogP contribution in [0.15, 0.2) is 24.5 Å². The highest BCUT2D eigenvalue weighted by Crippen LogP contribution is 2.23. The molecular weight excluding hydrogens is 248 g/mol. The van der Waals surface area contributed by atoms with Crippen LogP contribution in [0.25, 0.3) is 0 Å². The van der Waals surface area contributed by atoms with Crippen molar-refractivity contribution in [2.24, 2.45) is 0 Å². The van der Waals surface area contributed by atoms with E-state index in [0.717, 1.165) is 31.9 Å². The molecule has 1 heterocycles. The van der Waals surface area contributed by atoms with Crippen molar-refractivity contribution in [1.29, 1.82) is 0 Å². The van der Waals surface area contributed by atoms with Crippen LogP contribution in [0, 0.1) is 0 Å². The summed E-state index contributed by atoms with van der Waals surface area (Å²) in [7, 11) is 0. The summed E-state index contributed by atoms with van der Waals surface area (Å²) in [5, 5.41) is 7.84. The van der Waals surface area contributed by atoms with Gasteiger partial charge in [-0.1, -0.05) is 25.1 Å². The SMILES string of the molecule is CCCNCc1ncn(Cc2ccc3c(c2)CCC3)n1. The van der Waals surface area contributed by atoms with E-state index in [4.69, 9.17) is 0 Å². The maximum atomic E-state index is 4.51. The molecule has 1 aromatic heterocycles. The molecule has 0 saturated heterocycles. The summed E-state index contributed by atoms with van der Waals surface area (Å²) < 4.78 is 1.93. The first-order valence-corrected chi connectivity index (χ1v) is 7.55. The Hall–Kier alpha value is -1.68. The van der Waals surface area contributed by atoms with E-state index >= 15 is 0 Å². The van der Waals surface area contributed by atoms with Gasteiger partial charge in [-0.05, 0) is 48.9 Å². The lowest BCUT2D eigenvalue weighted by atomic mass is 10.1. The van der Waals surface area contributed by atoms with Crippen LogP contribution in [-0.2, 0) is 25.9 Å². The van der Waals surface area contributed by atoms with Gasteiger partial charge in [0.25, 0.3) is 0 Å². The Labute approximate surface area is 120 Å². The van der Waals surface area contributed by atoms with E-state index in [2.05, 4.69) is 40.5 Å². The first kappa shape index (κ1) is 13.3. The van der Waals surface area contributed by atoms with Crippen LogP contribution >= 0.6 is 0 Å². The molecule has 2 aromatic rings. The van der Waals surface area contributed by atoms with Crippen LogP contribution in [0.3, 0.4) is 0 Å². The Morgan fingerprint density at radius 1 is 1.25 bits per heavy atom. The molecule has 1 aromatic carbocycles. The van der Waals surface area contributed by atoms with E-state index in [0.29, 0.717) is 0 Å². The van der Waals surface area contributed by atoms with Crippen LogP contribution in [0.1, 0.15) is 42.3 Å². The molecule has 0 aliphatic heterocycles. The zero-order chi connectivity index (χ0) is 13.8. The normalized spacial score (nSPS) is 13.7. The van der Waals surface area contributed by atoms with Crippen molar-refractivity contribution in [2.75, 3.05) is 6.54 Å². The van der Waals surface area contributed by atoms with Gasteiger partial charge in [-0.25, -0.2) is 9.67 Å². The van der Waals surface area contributed by atoms with Gasteiger partial charge in [-0.3, -0.25) is 0 Å². The molecular formula is C16H22N4. The van der Waals surface area contributed by atoms with Gasteiger partial charge in [0.2, 0.25) is 0 Å². The summed E-state index contributed by atoms with van der Waals surface area (Å²) in [5.41, 5.74) is 4.37. The minimum Gasteiger partial charge on any atom is -0.310 e. The zero-order valence-electron chi connectivity index (χ0n) is 12.1. The molecule has 0 amide bonds. The van der Waals surface area contributed by atoms with Crippen LogP contribution in [0.2, 0.25) is 0 Å². The van der Waals surface area contributed by atoms with E-state index in [1.807, 2.05) is 11.0 Å². The van der Waals surface area contributed by atoms with Gasteiger partial charge in [0, 0.05) is 0 Å². The summed E-state index contributed by atoms with van der Waals surface area (Å²) >= 11 is 0. The Bertz CT molecular complexity index is 574. The summed E-state index contributed by atoms with van der Waals surface area (Å²) in [4.78, 5) is 4.35. The highest BCUT2D eigenvalue weighted by molar-refractivity contribution is 5.35. The lowest BCUT2D eigenvalue weighted by molar-refractivity contribution is 0.625. The van der Waals surface area contributed by atoms with E-state index in [1.54, 1.807) is 0 Å². The molecule has 0 atom stereocenters. The Morgan fingerprint density at radius 3 is 3.05 bits per heavy atom. The predicted molar refractivity (Wildman–Crippen MR) is 79.6 cm³/mol. The lowest BCUT2D eigenvalue weighted by Crippen LogP contribution is -2.15. The Balaban J connectivity index is 1.63. The molecule has 0 saturated carbocycles. The van der Waals surface area contributed by atoms with Crippen molar-refractivity contribution in [2.45, 2.75) is 45.7 Å². The third-order valence-electron chi connectivity index (χ3n) is 3.80. The van der Waals surface area contributed by atoms with Crippen LogP contribution in [0.4, 0.5) is 0 Å². The van der Waals surface area contributed by atoms with Gasteiger partial charge in [-0.15, -0.1) is 0 Å². The Kier molecular flexibility index (Phi) is 4.11. The first-order chi connectivity index (χ1) is 9.85. The van der Waals surface area contributed by atoms with Crippen LogP contribution in [-0.4, -0.2) is 21.3 Å². The van der Waals surface area contributed by atoms with Gasteiger partial charge in [0.15, 0.2) is 5.82 Å². The number of hydrogen-bond acceptors (Lipinski definition) is 3. The molecule has 1 aliphatic rings. The van der Waals surface area contributed by atoms with E-state index in [1.165, 1.54) is 36.0 Å². The fourth-order valence-electron chi connectivity index (χ4n) is 2.78. The fraction of sp³-hybridized carbons (Fsp3) is 0.500. The third kappa shape index (κ3) is 3.07. The van der Waals surface area contributed by atoms with E-state index < -0.39 is 0 Å². The summed E-state index contributed by atoms with van der Waals surface area (Å²) in [6.45, 7) is 4.74. The molecule has 20 heavy (non-hydrogen) atoms. The zero-order valence-corrected chi connectivity index (χ0v) is 12.1. The van der Waals surface area contributed by atoms with E-state index in [9.17, 15) is 0 Å². The van der Waals surface area contributed by atoms with Crippen molar-refractivity contribution < 1.29 is 0 Å². The number of nitrogens with zero attached hydrogens (tertiary/aromatic N) is 3. The standard InChI is InChI=1S/C16H22N4/c1-2-8-17-10-16-18-12-20(19-16)11-13-6-7-14-4-3-5-15(14)9-13/h6-7,9,12,17H,2-5,8,10-11H2,1H3. The number of benzene rings is 1. The molecule has 3 rings (SSSR count). The number of fused-ring (bicyclic) bond motifs is 1. The summed E-state index contributed by atoms with van der Waals surface area (Å²) in [5.74, 6) is 0.875. The molecule has 0 spiro atoms. The molecule has 1 aliphatic carbocycles. The highest BCUT2D eigenvalue weighted by atomic mass is 15.3. The average molecular weight is 270 g/mol. The van der Waals surface area contributed by atoms with Gasteiger partial charge >= 0.3 is 0 Å². The molecule has 0 bridgehead atoms. The average Bonchev–Trinajstić information content (AvgIpc) is 3.08. The molecule has 0 unspecified atom stereocenters. The largest absolute Gasteiger partial charge is 0.310 e. The number of aromatic nitrogens is 3. The molecule has 1 N–H and O–H groups in total. The van der Waals surface area contributed by atoms with Gasteiger partial charge in [-0.2, -0.15) is 5.10 Å². The third-order valence-corrected chi connectivity index (χ3v) is 3.80. The van der Waals surface area contributed by atoms with Gasteiger partial charge in [0.05, 0.1) is 13.1 Å². The number of hydrogen-bond donors (Lipinski definition) is 1. The summed E-state index contributed by atoms with van der Waals surface area (Å²) in [6.07, 6.45) is 6.74. The second-order valence-corrected chi connectivity index (χ2v) is 5.49. The van der Waals surface area contributed by atoms with Crippen LogP contribution in [0.5, 0.6) is 0 Å². The molecule has 4 heteroatoms. The molecule has 0 radical (unpaired) electrons. The minimum absolute atomic E-state index is 0.755. The minimum atomic E-state index is 0.755. The monoisotopic (exact) mass is 270 g/mol. The first-order valence-electron chi connectivity index (χ1n) is 7.55. The second-order valence-electron chi connectivity index (χ2n) is 5.49. The molecule has 4 nitrogen and oxygen atoms in total. The highest BCUT2D eigenvalue weighted by Gasteiger charge is 2.11. The Morgan fingerprint density at radius 2 is 2.15 bits per heavy atom. The maximum absolute atomic E-state index is 4.51. The van der Waals surface area contributed by atoms with E-state index in [-0.39, 0.29) is 0 Å².